The number of benzene rings is 2. The first-order valence-electron chi connectivity index (χ1n) is 6.06. The molecule has 0 aliphatic carbocycles. The molecule has 0 spiro atoms. The van der Waals surface area contributed by atoms with Crippen molar-refractivity contribution in [3.05, 3.63) is 59.4 Å². The predicted molar refractivity (Wildman–Crippen MR) is 76.5 cm³/mol. The number of amides is 1. The van der Waals surface area contributed by atoms with Crippen LogP contribution < -0.4 is 11.1 Å². The Labute approximate surface area is 120 Å². The van der Waals surface area contributed by atoms with Gasteiger partial charge in [-0.05, 0) is 30.3 Å². The summed E-state index contributed by atoms with van der Waals surface area (Å²) in [4.78, 5) is 23.7. The van der Waals surface area contributed by atoms with Gasteiger partial charge in [0.05, 0.1) is 23.9 Å². The third-order valence-corrected chi connectivity index (χ3v) is 2.82. The van der Waals surface area contributed by atoms with Crippen LogP contribution >= 0.6 is 0 Å². The molecule has 21 heavy (non-hydrogen) atoms. The van der Waals surface area contributed by atoms with E-state index in [1.165, 1.54) is 31.4 Å². The SMILES string of the molecule is COC(=O)c1ccccc1NC(=O)c1cc(N)ccc1F. The van der Waals surface area contributed by atoms with Crippen LogP contribution in [0.5, 0.6) is 0 Å². The van der Waals surface area contributed by atoms with Gasteiger partial charge in [-0.2, -0.15) is 0 Å². The molecule has 3 N–H and O–H groups in total. The number of nitrogen functional groups attached to an aromatic ring is 1. The summed E-state index contributed by atoms with van der Waals surface area (Å²) in [5.41, 5.74) is 6.02. The van der Waals surface area contributed by atoms with Gasteiger partial charge < -0.3 is 15.8 Å². The van der Waals surface area contributed by atoms with E-state index >= 15 is 0 Å². The maximum Gasteiger partial charge on any atom is 0.339 e. The highest BCUT2D eigenvalue weighted by Gasteiger charge is 2.16. The van der Waals surface area contributed by atoms with Crippen LogP contribution in [0.1, 0.15) is 20.7 Å². The van der Waals surface area contributed by atoms with E-state index in [0.29, 0.717) is 0 Å². The van der Waals surface area contributed by atoms with Crippen LogP contribution in [0.2, 0.25) is 0 Å². The van der Waals surface area contributed by atoms with Crippen LogP contribution in [0.25, 0.3) is 0 Å². The lowest BCUT2D eigenvalue weighted by atomic mass is 10.1. The average molecular weight is 288 g/mol. The quantitative estimate of drug-likeness (QED) is 0.671. The van der Waals surface area contributed by atoms with Gasteiger partial charge in [0.15, 0.2) is 0 Å². The maximum absolute atomic E-state index is 13.6. The topological polar surface area (TPSA) is 81.4 Å². The van der Waals surface area contributed by atoms with Gasteiger partial charge >= 0.3 is 5.97 Å². The van der Waals surface area contributed by atoms with Gasteiger partial charge in [0, 0.05) is 5.69 Å². The van der Waals surface area contributed by atoms with Gasteiger partial charge in [0.2, 0.25) is 0 Å². The molecule has 0 unspecified atom stereocenters. The summed E-state index contributed by atoms with van der Waals surface area (Å²) in [5.74, 6) is -1.99. The number of ether oxygens (including phenoxy) is 1. The summed E-state index contributed by atoms with van der Waals surface area (Å²) in [6.07, 6.45) is 0. The fourth-order valence-corrected chi connectivity index (χ4v) is 1.79. The number of carbonyl (C=O) groups is 2. The molecule has 0 aliphatic rings. The molecule has 0 saturated heterocycles. The van der Waals surface area contributed by atoms with Crippen LogP contribution in [0, 0.1) is 5.82 Å². The minimum atomic E-state index is -0.698. The minimum Gasteiger partial charge on any atom is -0.465 e. The highest BCUT2D eigenvalue weighted by Crippen LogP contribution is 2.19. The number of carbonyl (C=O) groups excluding carboxylic acids is 2. The van der Waals surface area contributed by atoms with Crippen LogP contribution in [-0.4, -0.2) is 19.0 Å². The fourth-order valence-electron chi connectivity index (χ4n) is 1.79. The Morgan fingerprint density at radius 1 is 1.14 bits per heavy atom. The number of esters is 1. The molecule has 0 radical (unpaired) electrons. The Morgan fingerprint density at radius 2 is 1.86 bits per heavy atom. The molecule has 0 saturated carbocycles. The molecule has 0 aromatic heterocycles. The Kier molecular flexibility index (Phi) is 4.18. The van der Waals surface area contributed by atoms with Crippen molar-refractivity contribution in [2.45, 2.75) is 0 Å². The maximum atomic E-state index is 13.6. The van der Waals surface area contributed by atoms with Crippen LogP contribution in [0.15, 0.2) is 42.5 Å². The standard InChI is InChI=1S/C15H13FN2O3/c1-21-15(20)10-4-2-3-5-13(10)18-14(19)11-8-9(17)6-7-12(11)16/h2-8H,17H2,1H3,(H,18,19). The summed E-state index contributed by atoms with van der Waals surface area (Å²) in [5, 5.41) is 2.47. The molecule has 0 aliphatic heterocycles. The van der Waals surface area contributed by atoms with Gasteiger partial charge in [-0.1, -0.05) is 12.1 Å². The highest BCUT2D eigenvalue weighted by atomic mass is 19.1. The van der Waals surface area contributed by atoms with E-state index in [9.17, 15) is 14.0 Å². The zero-order valence-electron chi connectivity index (χ0n) is 11.2. The highest BCUT2D eigenvalue weighted by molar-refractivity contribution is 6.08. The summed E-state index contributed by atoms with van der Waals surface area (Å²) >= 11 is 0. The van der Waals surface area contributed by atoms with Gasteiger partial charge in [0.1, 0.15) is 5.82 Å². The first-order chi connectivity index (χ1) is 10.0. The summed E-state index contributed by atoms with van der Waals surface area (Å²) < 4.78 is 18.3. The summed E-state index contributed by atoms with van der Waals surface area (Å²) in [6, 6.07) is 9.97. The number of nitrogens with one attached hydrogen (secondary N) is 1. The zero-order valence-corrected chi connectivity index (χ0v) is 11.2. The predicted octanol–water partition coefficient (Wildman–Crippen LogP) is 2.45. The number of methoxy groups -OCH3 is 1. The molecule has 0 fully saturated rings. The van der Waals surface area contributed by atoms with E-state index in [-0.39, 0.29) is 22.5 Å². The van der Waals surface area contributed by atoms with Crippen molar-refractivity contribution in [2.24, 2.45) is 0 Å². The largest absolute Gasteiger partial charge is 0.465 e. The first-order valence-corrected chi connectivity index (χ1v) is 6.06. The fraction of sp³-hybridized carbons (Fsp3) is 0.0667. The van der Waals surface area contributed by atoms with Gasteiger partial charge in [0.25, 0.3) is 5.91 Å². The van der Waals surface area contributed by atoms with Crippen molar-refractivity contribution in [2.75, 3.05) is 18.2 Å². The van der Waals surface area contributed by atoms with Crippen LogP contribution in [0.4, 0.5) is 15.8 Å². The lowest BCUT2D eigenvalue weighted by Gasteiger charge is -2.10. The second-order valence-corrected chi connectivity index (χ2v) is 4.23. The molecule has 108 valence electrons. The van der Waals surface area contributed by atoms with E-state index in [4.69, 9.17) is 5.73 Å². The number of rotatable bonds is 3. The molecular weight excluding hydrogens is 275 g/mol. The molecule has 2 aromatic carbocycles. The molecule has 1 amide bonds. The number of halogens is 1. The second-order valence-electron chi connectivity index (χ2n) is 4.23. The average Bonchev–Trinajstić information content (AvgIpc) is 2.49. The minimum absolute atomic E-state index is 0.178. The molecule has 2 rings (SSSR count). The number of anilines is 2. The molecular formula is C15H13FN2O3. The summed E-state index contributed by atoms with van der Waals surface area (Å²) in [7, 11) is 1.23. The van der Waals surface area contributed by atoms with Gasteiger partial charge in [-0.15, -0.1) is 0 Å². The number of nitrogens with two attached hydrogens (primary N) is 1. The van der Waals surface area contributed by atoms with Crippen LogP contribution in [0.3, 0.4) is 0 Å². The van der Waals surface area contributed by atoms with Crippen molar-refractivity contribution >= 4 is 23.3 Å². The number of hydrogen-bond donors (Lipinski definition) is 2. The van der Waals surface area contributed by atoms with Crippen LogP contribution in [-0.2, 0) is 4.74 Å². The van der Waals surface area contributed by atoms with Crippen molar-refractivity contribution in [1.82, 2.24) is 0 Å². The third-order valence-electron chi connectivity index (χ3n) is 2.82. The molecule has 0 bridgehead atoms. The summed E-state index contributed by atoms with van der Waals surface area (Å²) in [6.45, 7) is 0. The molecule has 2 aromatic rings. The second kappa shape index (κ2) is 6.04. The molecule has 5 nitrogen and oxygen atoms in total. The molecule has 0 atom stereocenters. The third kappa shape index (κ3) is 3.17. The number of para-hydroxylation sites is 1. The Morgan fingerprint density at radius 3 is 2.57 bits per heavy atom. The van der Waals surface area contributed by atoms with Crippen molar-refractivity contribution in [3.63, 3.8) is 0 Å². The lowest BCUT2D eigenvalue weighted by molar-refractivity contribution is 0.0602. The smallest absolute Gasteiger partial charge is 0.339 e. The van der Waals surface area contributed by atoms with Crippen molar-refractivity contribution in [3.8, 4) is 0 Å². The van der Waals surface area contributed by atoms with E-state index in [1.807, 2.05) is 0 Å². The Hall–Kier alpha value is -2.89. The lowest BCUT2D eigenvalue weighted by Crippen LogP contribution is -2.17. The normalized spacial score (nSPS) is 10.0. The Bertz CT molecular complexity index is 701. The molecule has 6 heteroatoms. The van der Waals surface area contributed by atoms with E-state index < -0.39 is 17.7 Å². The van der Waals surface area contributed by atoms with Crippen molar-refractivity contribution in [1.29, 1.82) is 0 Å². The monoisotopic (exact) mass is 288 g/mol. The van der Waals surface area contributed by atoms with Gasteiger partial charge in [-0.3, -0.25) is 4.79 Å². The van der Waals surface area contributed by atoms with E-state index in [0.717, 1.165) is 6.07 Å². The molecule has 0 heterocycles. The van der Waals surface area contributed by atoms with Gasteiger partial charge in [-0.25, -0.2) is 9.18 Å². The zero-order chi connectivity index (χ0) is 15.4. The van der Waals surface area contributed by atoms with E-state index in [2.05, 4.69) is 10.1 Å². The Balaban J connectivity index is 2.32. The first kappa shape index (κ1) is 14.5. The number of hydrogen-bond acceptors (Lipinski definition) is 4. The van der Waals surface area contributed by atoms with Crippen molar-refractivity contribution < 1.29 is 18.7 Å². The van der Waals surface area contributed by atoms with E-state index in [1.54, 1.807) is 12.1 Å².